The maximum absolute atomic E-state index is 14.3. The van der Waals surface area contributed by atoms with Gasteiger partial charge in [-0.25, -0.2) is 9.18 Å². The molecular weight excluding hydrogens is 518 g/mol. The number of hydrogen-bond donors (Lipinski definition) is 2. The van der Waals surface area contributed by atoms with Crippen LogP contribution in [0.3, 0.4) is 0 Å². The second-order valence-corrected chi connectivity index (χ2v) is 11.3. The summed E-state index contributed by atoms with van der Waals surface area (Å²) in [6.07, 6.45) is 1.04. The molecule has 6 nitrogen and oxygen atoms in total. The molecule has 0 bridgehead atoms. The first kappa shape index (κ1) is 27.2. The molecule has 0 saturated carbocycles. The standard InChI is InChI=1S/C30H31BClFN2O4/c1-29(2)30(3,4)39-31(38-29)19(13-18-14-20(32)15-26(33)27(18)34)16-35-28(36)37-17-25-23-11-7-5-9-21(23)22-10-6-8-12-24(22)25/h5-15,25H,16-17,34H2,1-4H3,(H,35,36). The minimum absolute atomic E-state index is 0.0288. The van der Waals surface area contributed by atoms with Gasteiger partial charge in [-0.15, -0.1) is 0 Å². The lowest BCUT2D eigenvalue weighted by Gasteiger charge is -2.32. The zero-order chi connectivity index (χ0) is 27.9. The first-order valence-corrected chi connectivity index (χ1v) is 13.2. The fraction of sp³-hybridized carbons (Fsp3) is 0.300. The summed E-state index contributed by atoms with van der Waals surface area (Å²) in [5.41, 5.74) is 10.1. The minimum atomic E-state index is -0.801. The van der Waals surface area contributed by atoms with Gasteiger partial charge in [0.15, 0.2) is 0 Å². The maximum atomic E-state index is 14.3. The lowest BCUT2D eigenvalue weighted by atomic mass is 9.77. The number of alkyl carbamates (subject to hydrolysis) is 1. The Hall–Kier alpha value is -3.33. The maximum Gasteiger partial charge on any atom is 0.492 e. The van der Waals surface area contributed by atoms with Gasteiger partial charge >= 0.3 is 13.2 Å². The Morgan fingerprint density at radius 1 is 1.05 bits per heavy atom. The van der Waals surface area contributed by atoms with E-state index in [2.05, 4.69) is 29.6 Å². The van der Waals surface area contributed by atoms with Gasteiger partial charge in [0.25, 0.3) is 0 Å². The first-order valence-electron chi connectivity index (χ1n) is 12.9. The molecule has 0 aromatic heterocycles. The summed E-state index contributed by atoms with van der Waals surface area (Å²) in [6.45, 7) is 7.92. The molecule has 9 heteroatoms. The topological polar surface area (TPSA) is 82.8 Å². The van der Waals surface area contributed by atoms with Crippen LogP contribution in [0.25, 0.3) is 17.2 Å². The quantitative estimate of drug-likeness (QED) is 0.267. The van der Waals surface area contributed by atoms with E-state index in [9.17, 15) is 9.18 Å². The number of nitrogen functional groups attached to an aromatic ring is 1. The predicted molar refractivity (Wildman–Crippen MR) is 153 cm³/mol. The molecule has 3 N–H and O–H groups in total. The highest BCUT2D eigenvalue weighted by atomic mass is 35.5. The molecule has 1 fully saturated rings. The highest BCUT2D eigenvalue weighted by Crippen LogP contribution is 2.44. The fourth-order valence-electron chi connectivity index (χ4n) is 4.94. The van der Waals surface area contributed by atoms with Gasteiger partial charge in [-0.2, -0.15) is 0 Å². The molecule has 5 rings (SSSR count). The molecule has 0 atom stereocenters. The summed E-state index contributed by atoms with van der Waals surface area (Å²) in [7, 11) is -0.801. The Morgan fingerprint density at radius 2 is 1.62 bits per heavy atom. The Kier molecular flexibility index (Phi) is 7.22. The van der Waals surface area contributed by atoms with Gasteiger partial charge in [0, 0.05) is 23.0 Å². The lowest BCUT2D eigenvalue weighted by molar-refractivity contribution is 0.00578. The van der Waals surface area contributed by atoms with Gasteiger partial charge in [0.05, 0.1) is 16.9 Å². The van der Waals surface area contributed by atoms with Crippen molar-refractivity contribution >= 4 is 36.6 Å². The highest BCUT2D eigenvalue weighted by molar-refractivity contribution is 6.56. The normalized spacial score (nSPS) is 17.6. The van der Waals surface area contributed by atoms with Gasteiger partial charge in [0.2, 0.25) is 0 Å². The van der Waals surface area contributed by atoms with E-state index < -0.39 is 30.2 Å². The number of halogens is 2. The number of carbonyl (C=O) groups excluding carboxylic acids is 1. The molecule has 0 radical (unpaired) electrons. The van der Waals surface area contributed by atoms with E-state index in [-0.39, 0.29) is 29.8 Å². The largest absolute Gasteiger partial charge is 0.492 e. The summed E-state index contributed by atoms with van der Waals surface area (Å²) in [5, 5.41) is 3.00. The Morgan fingerprint density at radius 3 is 2.21 bits per heavy atom. The van der Waals surface area contributed by atoms with Crippen molar-refractivity contribution in [1.29, 1.82) is 0 Å². The average Bonchev–Trinajstić information content (AvgIpc) is 3.32. The number of amides is 1. The van der Waals surface area contributed by atoms with E-state index in [0.717, 1.165) is 28.3 Å². The molecule has 3 aromatic rings. The number of hydrogen-bond acceptors (Lipinski definition) is 5. The van der Waals surface area contributed by atoms with E-state index in [1.807, 2.05) is 52.0 Å². The van der Waals surface area contributed by atoms with Gasteiger partial charge < -0.3 is 25.1 Å². The molecular formula is C30H31BClFN2O4. The molecule has 1 saturated heterocycles. The minimum Gasteiger partial charge on any atom is -0.449 e. The zero-order valence-electron chi connectivity index (χ0n) is 22.4. The number of rotatable bonds is 6. The van der Waals surface area contributed by atoms with Crippen LogP contribution in [0.15, 0.2) is 66.1 Å². The molecule has 1 amide bonds. The predicted octanol–water partition coefficient (Wildman–Crippen LogP) is 6.61. The van der Waals surface area contributed by atoms with Crippen molar-refractivity contribution in [2.45, 2.75) is 44.8 Å². The molecule has 202 valence electrons. The van der Waals surface area contributed by atoms with Crippen molar-refractivity contribution in [2.24, 2.45) is 0 Å². The molecule has 0 unspecified atom stereocenters. The zero-order valence-corrected chi connectivity index (χ0v) is 23.1. The van der Waals surface area contributed by atoms with Crippen LogP contribution >= 0.6 is 11.6 Å². The van der Waals surface area contributed by atoms with Crippen molar-refractivity contribution in [1.82, 2.24) is 5.32 Å². The van der Waals surface area contributed by atoms with Gasteiger partial charge in [-0.3, -0.25) is 0 Å². The highest BCUT2D eigenvalue weighted by Gasteiger charge is 2.52. The monoisotopic (exact) mass is 548 g/mol. The smallest absolute Gasteiger partial charge is 0.449 e. The van der Waals surface area contributed by atoms with Crippen molar-refractivity contribution < 1.29 is 23.2 Å². The number of nitrogens with two attached hydrogens (primary N) is 1. The Labute approximate surface area is 233 Å². The van der Waals surface area contributed by atoms with E-state index >= 15 is 0 Å². The fourth-order valence-corrected chi connectivity index (χ4v) is 5.16. The number of carbonyl (C=O) groups is 1. The summed E-state index contributed by atoms with van der Waals surface area (Å²) >= 11 is 6.08. The molecule has 1 aliphatic carbocycles. The first-order chi connectivity index (χ1) is 18.5. The Bertz CT molecular complexity index is 1400. The third-order valence-electron chi connectivity index (χ3n) is 7.80. The molecule has 3 aromatic carbocycles. The molecule has 1 aliphatic heterocycles. The third kappa shape index (κ3) is 5.29. The van der Waals surface area contributed by atoms with Gasteiger partial charge in [-0.1, -0.05) is 66.2 Å². The van der Waals surface area contributed by atoms with Gasteiger partial charge in [0.1, 0.15) is 12.4 Å². The summed E-state index contributed by atoms with van der Waals surface area (Å²) in [4.78, 5) is 12.9. The molecule has 39 heavy (non-hydrogen) atoms. The van der Waals surface area contributed by atoms with Crippen molar-refractivity contribution in [2.75, 3.05) is 18.9 Å². The van der Waals surface area contributed by atoms with Crippen LogP contribution < -0.4 is 11.1 Å². The number of benzene rings is 3. The van der Waals surface area contributed by atoms with Crippen molar-refractivity contribution in [3.63, 3.8) is 0 Å². The van der Waals surface area contributed by atoms with Crippen LogP contribution in [-0.4, -0.2) is 37.6 Å². The molecule has 0 spiro atoms. The second-order valence-electron chi connectivity index (χ2n) is 10.9. The SMILES string of the molecule is CC1(C)OB(C(=Cc2cc(Cl)cc(F)c2N)CNC(=O)OCC2c3ccccc3-c3ccccc32)OC1(C)C. The van der Waals surface area contributed by atoms with Crippen LogP contribution in [0, 0.1) is 5.82 Å². The summed E-state index contributed by atoms with van der Waals surface area (Å²) in [6, 6.07) is 19.0. The van der Waals surface area contributed by atoms with Crippen molar-refractivity contribution in [3.8, 4) is 11.1 Å². The lowest BCUT2D eigenvalue weighted by Crippen LogP contribution is -2.41. The van der Waals surface area contributed by atoms with E-state index in [0.29, 0.717) is 11.0 Å². The van der Waals surface area contributed by atoms with Crippen LogP contribution in [-0.2, 0) is 14.0 Å². The third-order valence-corrected chi connectivity index (χ3v) is 8.02. The Balaban J connectivity index is 1.33. The number of fused-ring (bicyclic) bond motifs is 3. The van der Waals surface area contributed by atoms with Crippen LogP contribution in [0.5, 0.6) is 0 Å². The van der Waals surface area contributed by atoms with Crippen LogP contribution in [0.2, 0.25) is 5.02 Å². The molecule has 1 heterocycles. The second kappa shape index (κ2) is 10.3. The number of ether oxygens (including phenoxy) is 1. The van der Waals surface area contributed by atoms with E-state index in [4.69, 9.17) is 31.4 Å². The number of nitrogens with one attached hydrogen (secondary N) is 1. The number of anilines is 1. The summed E-state index contributed by atoms with van der Waals surface area (Å²) in [5.74, 6) is -0.693. The molecule has 2 aliphatic rings. The summed E-state index contributed by atoms with van der Waals surface area (Å²) < 4.78 is 32.4. The van der Waals surface area contributed by atoms with E-state index in [1.165, 1.54) is 0 Å². The average molecular weight is 549 g/mol. The van der Waals surface area contributed by atoms with E-state index in [1.54, 1.807) is 12.1 Å². The van der Waals surface area contributed by atoms with Crippen molar-refractivity contribution in [3.05, 3.63) is 93.7 Å². The van der Waals surface area contributed by atoms with Crippen LogP contribution in [0.1, 0.15) is 50.3 Å². The van der Waals surface area contributed by atoms with Gasteiger partial charge in [-0.05, 0) is 67.6 Å². The van der Waals surface area contributed by atoms with Crippen LogP contribution in [0.4, 0.5) is 14.9 Å².